The molecule has 0 N–H and O–H groups in total. The smallest absolute Gasteiger partial charge is 0.161 e. The fourth-order valence-electron chi connectivity index (χ4n) is 2.07. The Kier molecular flexibility index (Phi) is 8.52. The summed E-state index contributed by atoms with van der Waals surface area (Å²) in [6, 6.07) is 6.09. The molecule has 0 heterocycles. The van der Waals surface area contributed by atoms with Crippen LogP contribution in [-0.4, -0.2) is 19.1 Å². The van der Waals surface area contributed by atoms with Gasteiger partial charge in [0.2, 0.25) is 0 Å². The molecule has 0 amide bonds. The van der Waals surface area contributed by atoms with E-state index in [1.165, 1.54) is 24.8 Å². The van der Waals surface area contributed by atoms with Gasteiger partial charge in [-0.25, -0.2) is 0 Å². The number of unbranched alkanes of at least 4 members (excludes halogenated alkanes) is 3. The van der Waals surface area contributed by atoms with Crippen molar-refractivity contribution in [1.82, 2.24) is 0 Å². The van der Waals surface area contributed by atoms with Crippen molar-refractivity contribution in [3.8, 4) is 11.5 Å². The molecule has 114 valence electrons. The second kappa shape index (κ2) is 9.93. The molecule has 0 fully saturated rings. The molecule has 1 aromatic carbocycles. The van der Waals surface area contributed by atoms with Gasteiger partial charge in [0.1, 0.15) is 0 Å². The molecule has 20 heavy (non-hydrogen) atoms. The standard InChI is InChI=1S/C17H27ClO2/c1-4-6-7-8-11-20-17-13-14(12-15(18)5-2)9-10-16(17)19-3/h9-10,13,15H,4-8,11-12H2,1-3H3. The van der Waals surface area contributed by atoms with Gasteiger partial charge in [-0.05, 0) is 37.0 Å². The minimum atomic E-state index is 0.181. The maximum atomic E-state index is 6.22. The van der Waals surface area contributed by atoms with Crippen LogP contribution in [-0.2, 0) is 6.42 Å². The van der Waals surface area contributed by atoms with Gasteiger partial charge >= 0.3 is 0 Å². The first-order valence-corrected chi connectivity index (χ1v) is 8.08. The van der Waals surface area contributed by atoms with Gasteiger partial charge in [-0.2, -0.15) is 0 Å². The third-order valence-corrected chi connectivity index (χ3v) is 3.85. The van der Waals surface area contributed by atoms with Gasteiger partial charge < -0.3 is 9.47 Å². The molecule has 0 aromatic heterocycles. The lowest BCUT2D eigenvalue weighted by Crippen LogP contribution is -2.03. The Bertz CT molecular complexity index is 379. The maximum absolute atomic E-state index is 6.22. The fourth-order valence-corrected chi connectivity index (χ4v) is 2.25. The number of hydrogen-bond donors (Lipinski definition) is 0. The molecule has 0 spiro atoms. The molecule has 0 aliphatic heterocycles. The number of hydrogen-bond acceptors (Lipinski definition) is 2. The van der Waals surface area contributed by atoms with E-state index >= 15 is 0 Å². The van der Waals surface area contributed by atoms with Gasteiger partial charge in [0.05, 0.1) is 13.7 Å². The average Bonchev–Trinajstić information content (AvgIpc) is 2.47. The number of rotatable bonds is 10. The van der Waals surface area contributed by atoms with E-state index < -0.39 is 0 Å². The zero-order valence-corrected chi connectivity index (χ0v) is 13.7. The van der Waals surface area contributed by atoms with Crippen LogP contribution in [0.2, 0.25) is 0 Å². The first kappa shape index (κ1) is 17.2. The Hall–Kier alpha value is -0.890. The van der Waals surface area contributed by atoms with Crippen molar-refractivity contribution in [3.63, 3.8) is 0 Å². The molecular weight excluding hydrogens is 272 g/mol. The fraction of sp³-hybridized carbons (Fsp3) is 0.647. The second-order valence-corrected chi connectivity index (χ2v) is 5.72. The molecular formula is C17H27ClO2. The highest BCUT2D eigenvalue weighted by atomic mass is 35.5. The van der Waals surface area contributed by atoms with Crippen molar-refractivity contribution in [2.24, 2.45) is 0 Å². The van der Waals surface area contributed by atoms with Crippen LogP contribution in [0.1, 0.15) is 51.5 Å². The van der Waals surface area contributed by atoms with E-state index in [2.05, 4.69) is 26.0 Å². The summed E-state index contributed by atoms with van der Waals surface area (Å²) in [5, 5.41) is 0.181. The third-order valence-electron chi connectivity index (χ3n) is 3.38. The molecule has 1 aromatic rings. The normalized spacial score (nSPS) is 12.2. The number of methoxy groups -OCH3 is 1. The van der Waals surface area contributed by atoms with Crippen LogP contribution >= 0.6 is 11.6 Å². The van der Waals surface area contributed by atoms with E-state index in [1.807, 2.05) is 6.07 Å². The van der Waals surface area contributed by atoms with Crippen LogP contribution in [0.25, 0.3) is 0 Å². The second-order valence-electron chi connectivity index (χ2n) is 5.10. The van der Waals surface area contributed by atoms with Gasteiger partial charge in [-0.15, -0.1) is 11.6 Å². The van der Waals surface area contributed by atoms with Crippen LogP contribution in [0.5, 0.6) is 11.5 Å². The Morgan fingerprint density at radius 2 is 1.90 bits per heavy atom. The Morgan fingerprint density at radius 1 is 1.10 bits per heavy atom. The van der Waals surface area contributed by atoms with Crippen molar-refractivity contribution in [1.29, 1.82) is 0 Å². The summed E-state index contributed by atoms with van der Waals surface area (Å²) in [6.07, 6.45) is 6.67. The topological polar surface area (TPSA) is 18.5 Å². The highest BCUT2D eigenvalue weighted by Gasteiger charge is 2.09. The molecule has 0 saturated carbocycles. The van der Waals surface area contributed by atoms with Gasteiger partial charge in [-0.3, -0.25) is 0 Å². The predicted molar refractivity (Wildman–Crippen MR) is 86.3 cm³/mol. The molecule has 2 nitrogen and oxygen atoms in total. The zero-order chi connectivity index (χ0) is 14.8. The lowest BCUT2D eigenvalue weighted by molar-refractivity contribution is 0.285. The minimum absolute atomic E-state index is 0.181. The molecule has 0 aliphatic carbocycles. The number of ether oxygens (including phenoxy) is 2. The largest absolute Gasteiger partial charge is 0.493 e. The third kappa shape index (κ3) is 6.04. The first-order chi connectivity index (χ1) is 9.71. The lowest BCUT2D eigenvalue weighted by atomic mass is 10.1. The van der Waals surface area contributed by atoms with E-state index in [1.54, 1.807) is 7.11 Å². The van der Waals surface area contributed by atoms with Gasteiger partial charge in [-0.1, -0.05) is 39.2 Å². The average molecular weight is 299 g/mol. The molecule has 1 unspecified atom stereocenters. The van der Waals surface area contributed by atoms with Crippen molar-refractivity contribution >= 4 is 11.6 Å². The number of halogens is 1. The Labute approximate surface area is 128 Å². The zero-order valence-electron chi connectivity index (χ0n) is 13.0. The molecule has 1 rings (SSSR count). The van der Waals surface area contributed by atoms with E-state index in [0.717, 1.165) is 37.4 Å². The monoisotopic (exact) mass is 298 g/mol. The van der Waals surface area contributed by atoms with Crippen molar-refractivity contribution in [2.45, 2.75) is 57.7 Å². The Morgan fingerprint density at radius 3 is 2.55 bits per heavy atom. The van der Waals surface area contributed by atoms with Crippen molar-refractivity contribution in [2.75, 3.05) is 13.7 Å². The molecule has 0 saturated heterocycles. The highest BCUT2D eigenvalue weighted by molar-refractivity contribution is 6.20. The lowest BCUT2D eigenvalue weighted by Gasteiger charge is -2.13. The molecule has 0 radical (unpaired) electrons. The maximum Gasteiger partial charge on any atom is 0.161 e. The van der Waals surface area contributed by atoms with Crippen LogP contribution in [0, 0.1) is 0 Å². The number of alkyl halides is 1. The summed E-state index contributed by atoms with van der Waals surface area (Å²) in [6.45, 7) is 5.06. The van der Waals surface area contributed by atoms with Crippen molar-refractivity contribution < 1.29 is 9.47 Å². The molecule has 0 aliphatic rings. The highest BCUT2D eigenvalue weighted by Crippen LogP contribution is 2.29. The summed E-state index contributed by atoms with van der Waals surface area (Å²) in [4.78, 5) is 0. The minimum Gasteiger partial charge on any atom is -0.493 e. The molecule has 1 atom stereocenters. The van der Waals surface area contributed by atoms with E-state index in [0.29, 0.717) is 0 Å². The summed E-state index contributed by atoms with van der Waals surface area (Å²) in [7, 11) is 1.68. The quantitative estimate of drug-likeness (QED) is 0.436. The van der Waals surface area contributed by atoms with E-state index in [9.17, 15) is 0 Å². The summed E-state index contributed by atoms with van der Waals surface area (Å²) < 4.78 is 11.2. The van der Waals surface area contributed by atoms with Crippen LogP contribution in [0.15, 0.2) is 18.2 Å². The van der Waals surface area contributed by atoms with E-state index in [4.69, 9.17) is 21.1 Å². The SMILES string of the molecule is CCCCCCOc1cc(CC(Cl)CC)ccc1OC. The van der Waals surface area contributed by atoms with Crippen LogP contribution in [0.4, 0.5) is 0 Å². The van der Waals surface area contributed by atoms with Gasteiger partial charge in [0, 0.05) is 5.38 Å². The summed E-state index contributed by atoms with van der Waals surface area (Å²) in [5.74, 6) is 1.63. The van der Waals surface area contributed by atoms with Gasteiger partial charge in [0.25, 0.3) is 0 Å². The number of benzene rings is 1. The van der Waals surface area contributed by atoms with Crippen LogP contribution < -0.4 is 9.47 Å². The van der Waals surface area contributed by atoms with E-state index in [-0.39, 0.29) is 5.38 Å². The predicted octanol–water partition coefficient (Wildman–Crippen LogP) is 5.21. The summed E-state index contributed by atoms with van der Waals surface area (Å²) in [5.41, 5.74) is 1.20. The first-order valence-electron chi connectivity index (χ1n) is 7.65. The summed E-state index contributed by atoms with van der Waals surface area (Å²) >= 11 is 6.22. The van der Waals surface area contributed by atoms with Crippen LogP contribution in [0.3, 0.4) is 0 Å². The van der Waals surface area contributed by atoms with Crippen molar-refractivity contribution in [3.05, 3.63) is 23.8 Å². The van der Waals surface area contributed by atoms with Gasteiger partial charge in [0.15, 0.2) is 11.5 Å². The Balaban J connectivity index is 2.59. The molecule has 0 bridgehead atoms. The molecule has 3 heteroatoms.